The highest BCUT2D eigenvalue weighted by Crippen LogP contribution is 2.33. The zero-order valence-electron chi connectivity index (χ0n) is 17.1. The Morgan fingerprint density at radius 1 is 1.14 bits per heavy atom. The average molecular weight is 399 g/mol. The number of aryl methyl sites for hydroxylation is 1. The van der Waals surface area contributed by atoms with E-state index in [2.05, 4.69) is 11.8 Å². The average Bonchev–Trinajstić information content (AvgIpc) is 3.11. The molecule has 4 rings (SSSR count). The van der Waals surface area contributed by atoms with Gasteiger partial charge in [0, 0.05) is 32.9 Å². The molecular weight excluding hydrogens is 374 g/mol. The van der Waals surface area contributed by atoms with E-state index < -0.39 is 0 Å². The van der Waals surface area contributed by atoms with Gasteiger partial charge in [-0.3, -0.25) is 13.9 Å². The highest BCUT2D eigenvalue weighted by molar-refractivity contribution is 5.77. The molecule has 3 heterocycles. The van der Waals surface area contributed by atoms with Crippen LogP contribution in [0.1, 0.15) is 6.92 Å². The quantitative estimate of drug-likeness (QED) is 0.644. The summed E-state index contributed by atoms with van der Waals surface area (Å²) >= 11 is 0. The van der Waals surface area contributed by atoms with Crippen molar-refractivity contribution >= 4 is 22.8 Å². The van der Waals surface area contributed by atoms with E-state index >= 15 is 0 Å². The minimum absolute atomic E-state index is 0.205. The Kier molecular flexibility index (Phi) is 4.91. The van der Waals surface area contributed by atoms with Crippen LogP contribution < -0.4 is 20.9 Å². The van der Waals surface area contributed by atoms with Crippen LogP contribution >= 0.6 is 0 Å². The highest BCUT2D eigenvalue weighted by atomic mass is 16.5. The molecule has 1 aliphatic heterocycles. The molecule has 3 aromatic rings. The Balaban J connectivity index is 1.93. The van der Waals surface area contributed by atoms with Crippen LogP contribution in [0.5, 0.6) is 5.75 Å². The SMILES string of the molecule is COCCn1c(=O)c2c(nc3n2C[C@H](C)CN3c2ccc(OC)cc2)n(C)c1=O. The molecule has 0 fully saturated rings. The van der Waals surface area contributed by atoms with Gasteiger partial charge in [0.25, 0.3) is 5.56 Å². The predicted molar refractivity (Wildman–Crippen MR) is 110 cm³/mol. The van der Waals surface area contributed by atoms with E-state index in [1.807, 2.05) is 28.8 Å². The molecule has 9 nitrogen and oxygen atoms in total. The largest absolute Gasteiger partial charge is 0.497 e. The number of aromatic nitrogens is 4. The van der Waals surface area contributed by atoms with Gasteiger partial charge in [-0.15, -0.1) is 0 Å². The minimum atomic E-state index is -0.390. The van der Waals surface area contributed by atoms with Crippen LogP contribution in [0, 0.1) is 5.92 Å². The van der Waals surface area contributed by atoms with Crippen molar-refractivity contribution in [1.82, 2.24) is 18.7 Å². The van der Waals surface area contributed by atoms with Gasteiger partial charge in [-0.05, 0) is 30.2 Å². The van der Waals surface area contributed by atoms with Crippen LogP contribution in [0.3, 0.4) is 0 Å². The first kappa shape index (κ1) is 19.3. The predicted octanol–water partition coefficient (Wildman–Crippen LogP) is 1.34. The van der Waals surface area contributed by atoms with Gasteiger partial charge in [0.05, 0.1) is 20.3 Å². The molecule has 9 heteroatoms. The summed E-state index contributed by atoms with van der Waals surface area (Å²) in [4.78, 5) is 32.7. The maximum absolute atomic E-state index is 13.2. The number of ether oxygens (including phenoxy) is 2. The molecule has 0 radical (unpaired) electrons. The number of nitrogens with zero attached hydrogens (tertiary/aromatic N) is 5. The molecule has 0 N–H and O–H groups in total. The fourth-order valence-corrected chi connectivity index (χ4v) is 3.86. The first-order valence-corrected chi connectivity index (χ1v) is 9.56. The van der Waals surface area contributed by atoms with E-state index in [4.69, 9.17) is 14.5 Å². The fourth-order valence-electron chi connectivity index (χ4n) is 3.86. The molecule has 0 saturated heterocycles. The molecule has 0 bridgehead atoms. The minimum Gasteiger partial charge on any atom is -0.497 e. The van der Waals surface area contributed by atoms with Crippen LogP contribution in [-0.4, -0.2) is 46.1 Å². The normalized spacial score (nSPS) is 16.3. The molecule has 2 aromatic heterocycles. The van der Waals surface area contributed by atoms with E-state index in [-0.39, 0.29) is 24.4 Å². The van der Waals surface area contributed by atoms with Gasteiger partial charge >= 0.3 is 5.69 Å². The summed E-state index contributed by atoms with van der Waals surface area (Å²) in [5, 5.41) is 0. The number of methoxy groups -OCH3 is 2. The van der Waals surface area contributed by atoms with Crippen LogP contribution in [-0.2, 0) is 24.9 Å². The Morgan fingerprint density at radius 3 is 2.52 bits per heavy atom. The summed E-state index contributed by atoms with van der Waals surface area (Å²) in [6.45, 7) is 4.06. The lowest BCUT2D eigenvalue weighted by molar-refractivity contribution is 0.184. The molecule has 0 unspecified atom stereocenters. The van der Waals surface area contributed by atoms with Crippen LogP contribution in [0.2, 0.25) is 0 Å². The summed E-state index contributed by atoms with van der Waals surface area (Å²) in [6, 6.07) is 7.73. The summed E-state index contributed by atoms with van der Waals surface area (Å²) in [5.74, 6) is 1.74. The zero-order chi connectivity index (χ0) is 20.7. The number of fused-ring (bicyclic) bond motifs is 3. The standard InChI is InChI=1S/C20H25N5O4/c1-13-11-24(14-5-7-15(29-4)8-6-14)19-21-17-16(25(19)12-13)18(26)23(9-10-28-3)20(27)22(17)2/h5-8,13H,9-12H2,1-4H3/t13-/m1/s1. The third-order valence-corrected chi connectivity index (χ3v) is 5.35. The van der Waals surface area contributed by atoms with Crippen LogP contribution in [0.25, 0.3) is 11.2 Å². The molecule has 0 amide bonds. The second-order valence-electron chi connectivity index (χ2n) is 7.40. The van der Waals surface area contributed by atoms with E-state index in [0.29, 0.717) is 29.6 Å². The number of benzene rings is 1. The lowest BCUT2D eigenvalue weighted by atomic mass is 10.1. The van der Waals surface area contributed by atoms with Crippen molar-refractivity contribution in [3.63, 3.8) is 0 Å². The highest BCUT2D eigenvalue weighted by Gasteiger charge is 2.29. The first-order chi connectivity index (χ1) is 14.0. The Bertz CT molecular complexity index is 1160. The van der Waals surface area contributed by atoms with Crippen LogP contribution in [0.4, 0.5) is 11.6 Å². The molecule has 1 aromatic carbocycles. The van der Waals surface area contributed by atoms with Gasteiger partial charge in [-0.25, -0.2) is 4.79 Å². The molecule has 0 aliphatic carbocycles. The molecule has 29 heavy (non-hydrogen) atoms. The number of anilines is 2. The van der Waals surface area contributed by atoms with Crippen molar-refractivity contribution in [2.24, 2.45) is 13.0 Å². The van der Waals surface area contributed by atoms with Crippen molar-refractivity contribution in [2.45, 2.75) is 20.0 Å². The second-order valence-corrected chi connectivity index (χ2v) is 7.40. The summed E-state index contributed by atoms with van der Waals surface area (Å²) in [6.07, 6.45) is 0. The third kappa shape index (κ3) is 3.11. The van der Waals surface area contributed by atoms with Gasteiger partial charge in [-0.2, -0.15) is 4.98 Å². The number of hydrogen-bond donors (Lipinski definition) is 0. The van der Waals surface area contributed by atoms with Gasteiger partial charge in [0.15, 0.2) is 11.2 Å². The topological polar surface area (TPSA) is 83.5 Å². The van der Waals surface area contributed by atoms with Crippen molar-refractivity contribution in [2.75, 3.05) is 32.3 Å². The van der Waals surface area contributed by atoms with E-state index in [1.54, 1.807) is 21.3 Å². The van der Waals surface area contributed by atoms with E-state index in [9.17, 15) is 9.59 Å². The Hall–Kier alpha value is -3.07. The second kappa shape index (κ2) is 7.40. The summed E-state index contributed by atoms with van der Waals surface area (Å²) in [5.41, 5.74) is 1.08. The van der Waals surface area contributed by atoms with Crippen molar-refractivity contribution < 1.29 is 9.47 Å². The molecule has 0 spiro atoms. The smallest absolute Gasteiger partial charge is 0.332 e. The van der Waals surface area contributed by atoms with Gasteiger partial charge < -0.3 is 18.9 Å². The molecule has 0 saturated carbocycles. The number of imidazole rings is 1. The van der Waals surface area contributed by atoms with Gasteiger partial charge in [0.1, 0.15) is 5.75 Å². The zero-order valence-corrected chi connectivity index (χ0v) is 17.1. The maximum atomic E-state index is 13.2. The molecule has 1 atom stereocenters. The fraction of sp³-hybridized carbons (Fsp3) is 0.450. The van der Waals surface area contributed by atoms with Crippen molar-refractivity contribution in [1.29, 1.82) is 0 Å². The Morgan fingerprint density at radius 2 is 1.86 bits per heavy atom. The third-order valence-electron chi connectivity index (χ3n) is 5.35. The molecule has 1 aliphatic rings. The van der Waals surface area contributed by atoms with E-state index in [0.717, 1.165) is 18.0 Å². The van der Waals surface area contributed by atoms with Gasteiger partial charge in [0.2, 0.25) is 5.95 Å². The summed E-state index contributed by atoms with van der Waals surface area (Å²) in [7, 11) is 4.82. The van der Waals surface area contributed by atoms with Crippen molar-refractivity contribution in [3.05, 3.63) is 45.1 Å². The Labute approximate surface area is 167 Å². The lowest BCUT2D eigenvalue weighted by Gasteiger charge is -2.33. The monoisotopic (exact) mass is 399 g/mol. The van der Waals surface area contributed by atoms with Crippen molar-refractivity contribution in [3.8, 4) is 5.75 Å². The maximum Gasteiger partial charge on any atom is 0.332 e. The molecular formula is C20H25N5O4. The number of hydrogen-bond acceptors (Lipinski definition) is 6. The molecule has 154 valence electrons. The number of rotatable bonds is 5. The lowest BCUT2D eigenvalue weighted by Crippen LogP contribution is -2.41. The van der Waals surface area contributed by atoms with E-state index in [1.165, 1.54) is 9.13 Å². The van der Waals surface area contributed by atoms with Gasteiger partial charge in [-0.1, -0.05) is 6.92 Å². The summed E-state index contributed by atoms with van der Waals surface area (Å²) < 4.78 is 14.9. The first-order valence-electron chi connectivity index (χ1n) is 9.56. The van der Waals surface area contributed by atoms with Crippen LogP contribution in [0.15, 0.2) is 33.9 Å².